The fourth-order valence-electron chi connectivity index (χ4n) is 0.581. The molecule has 0 aromatic heterocycles. The van der Waals surface area contributed by atoms with Gasteiger partial charge in [0.25, 0.3) is 0 Å². The third kappa shape index (κ3) is 5.54. The molecule has 0 nitrogen and oxygen atoms in total. The minimum Gasteiger partial charge on any atom is -0.207 e. The highest BCUT2D eigenvalue weighted by molar-refractivity contribution is 5.14. The number of rotatable bonds is 0. The van der Waals surface area contributed by atoms with Gasteiger partial charge in [0.15, 0.2) is 0 Å². The maximum absolute atomic E-state index is 12.0. The molecule has 0 aromatic rings. The van der Waals surface area contributed by atoms with Crippen molar-refractivity contribution in [3.63, 3.8) is 0 Å². The van der Waals surface area contributed by atoms with Crippen LogP contribution in [0.2, 0.25) is 0 Å². The molecule has 0 atom stereocenters. The monoisotopic (exact) mass is 142 g/mol. The average Bonchev–Trinajstić information content (AvgIpc) is 1.91. The van der Waals surface area contributed by atoms with E-state index in [1.165, 1.54) is 12.5 Å². The van der Waals surface area contributed by atoms with E-state index in [2.05, 4.69) is 13.8 Å². The summed E-state index contributed by atoms with van der Waals surface area (Å²) in [4.78, 5) is 0. The molecule has 1 heteroatoms. The van der Waals surface area contributed by atoms with Gasteiger partial charge >= 0.3 is 0 Å². The molecule has 1 aliphatic rings. The molecule has 0 spiro atoms. The first-order valence-electron chi connectivity index (χ1n) is 3.83. The second-order valence-electron chi connectivity index (χ2n) is 2.28. The number of hydrogen-bond acceptors (Lipinski definition) is 0. The molecular formula is C9H15F. The maximum Gasteiger partial charge on any atom is 0.118 e. The highest BCUT2D eigenvalue weighted by Crippen LogP contribution is 2.08. The lowest BCUT2D eigenvalue weighted by Crippen LogP contribution is -1.74. The molecule has 0 N–H and O–H groups in total. The van der Waals surface area contributed by atoms with Gasteiger partial charge in [0.05, 0.1) is 0 Å². The van der Waals surface area contributed by atoms with E-state index in [0.29, 0.717) is 0 Å². The average molecular weight is 142 g/mol. The summed E-state index contributed by atoms with van der Waals surface area (Å²) in [5.74, 6) is -0.0914. The minimum atomic E-state index is -0.0914. The van der Waals surface area contributed by atoms with Crippen LogP contribution in [0, 0.1) is 0 Å². The van der Waals surface area contributed by atoms with Gasteiger partial charge in [0.2, 0.25) is 0 Å². The van der Waals surface area contributed by atoms with Crippen LogP contribution in [-0.4, -0.2) is 0 Å². The predicted molar refractivity (Wildman–Crippen MR) is 43.5 cm³/mol. The second kappa shape index (κ2) is 6.53. The van der Waals surface area contributed by atoms with Crippen molar-refractivity contribution in [1.82, 2.24) is 0 Å². The van der Waals surface area contributed by atoms with Crippen molar-refractivity contribution in [2.75, 3.05) is 0 Å². The molecule has 0 unspecified atom stereocenters. The topological polar surface area (TPSA) is 0 Å². The summed E-state index contributed by atoms with van der Waals surface area (Å²) in [7, 11) is 0. The van der Waals surface area contributed by atoms with Crippen molar-refractivity contribution in [1.29, 1.82) is 0 Å². The lowest BCUT2D eigenvalue weighted by atomic mass is 10.2. The zero-order valence-electron chi connectivity index (χ0n) is 6.73. The molecule has 0 aromatic carbocycles. The molecule has 0 fully saturated rings. The largest absolute Gasteiger partial charge is 0.207 e. The van der Waals surface area contributed by atoms with Crippen LogP contribution in [0.15, 0.2) is 24.1 Å². The summed E-state index contributed by atoms with van der Waals surface area (Å²) in [6.45, 7) is 4.25. The second-order valence-corrected chi connectivity index (χ2v) is 2.28. The predicted octanol–water partition coefficient (Wildman–Crippen LogP) is 3.61. The Morgan fingerprint density at radius 2 is 2.00 bits per heavy atom. The Bertz CT molecular complexity index is 123. The van der Waals surface area contributed by atoms with E-state index in [9.17, 15) is 4.39 Å². The molecule has 0 radical (unpaired) electrons. The first-order valence-corrected chi connectivity index (χ1v) is 3.83. The van der Waals surface area contributed by atoms with Crippen LogP contribution in [-0.2, 0) is 0 Å². The Labute approximate surface area is 62.4 Å². The quantitative estimate of drug-likeness (QED) is 0.484. The lowest BCUT2D eigenvalue weighted by Gasteiger charge is -1.93. The third-order valence-corrected chi connectivity index (χ3v) is 0.950. The molecule has 0 aliphatic heterocycles. The molecule has 0 amide bonds. The van der Waals surface area contributed by atoms with Crippen LogP contribution in [0.5, 0.6) is 0 Å². The highest BCUT2D eigenvalue weighted by atomic mass is 19.1. The van der Waals surface area contributed by atoms with Crippen LogP contribution < -0.4 is 0 Å². The molecular weight excluding hydrogens is 127 g/mol. The summed E-state index contributed by atoms with van der Waals surface area (Å²) in [6.07, 6.45) is 8.05. The van der Waals surface area contributed by atoms with Gasteiger partial charge < -0.3 is 0 Å². The van der Waals surface area contributed by atoms with Crippen molar-refractivity contribution >= 4 is 0 Å². The van der Waals surface area contributed by atoms with E-state index in [4.69, 9.17) is 0 Å². The summed E-state index contributed by atoms with van der Waals surface area (Å²) in [5, 5.41) is 0. The standard InChI is InChI=1S/C6H7F.C3H8/c7-6-4-2-1-3-5-6;1-3-2/h2,4-5H,1,3H2;3H2,1-2H3. The van der Waals surface area contributed by atoms with Gasteiger partial charge in [-0.2, -0.15) is 0 Å². The van der Waals surface area contributed by atoms with Crippen molar-refractivity contribution in [3.05, 3.63) is 24.1 Å². The lowest BCUT2D eigenvalue weighted by molar-refractivity contribution is 0.652. The molecule has 0 saturated heterocycles. The summed E-state index contributed by atoms with van der Waals surface area (Å²) in [5.41, 5.74) is 0. The highest BCUT2D eigenvalue weighted by Gasteiger charge is 1.90. The van der Waals surface area contributed by atoms with E-state index in [1.807, 2.05) is 6.08 Å². The first-order chi connectivity index (χ1) is 4.81. The fourth-order valence-corrected chi connectivity index (χ4v) is 0.581. The number of hydrogen-bond donors (Lipinski definition) is 0. The van der Waals surface area contributed by atoms with Gasteiger partial charge in [-0.15, -0.1) is 0 Å². The van der Waals surface area contributed by atoms with Crippen LogP contribution >= 0.6 is 0 Å². The fraction of sp³-hybridized carbons (Fsp3) is 0.556. The smallest absolute Gasteiger partial charge is 0.118 e. The van der Waals surface area contributed by atoms with Crippen LogP contribution in [0.25, 0.3) is 0 Å². The van der Waals surface area contributed by atoms with Crippen LogP contribution in [0.4, 0.5) is 4.39 Å². The summed E-state index contributed by atoms with van der Waals surface area (Å²) < 4.78 is 12.0. The van der Waals surface area contributed by atoms with E-state index in [0.717, 1.165) is 12.8 Å². The van der Waals surface area contributed by atoms with Gasteiger partial charge in [-0.25, -0.2) is 4.39 Å². The Hall–Kier alpha value is -0.590. The Kier molecular flexibility index (Phi) is 6.14. The van der Waals surface area contributed by atoms with Crippen molar-refractivity contribution in [2.24, 2.45) is 0 Å². The van der Waals surface area contributed by atoms with Gasteiger partial charge in [-0.1, -0.05) is 26.3 Å². The molecule has 0 saturated carbocycles. The molecule has 1 aliphatic carbocycles. The zero-order valence-corrected chi connectivity index (χ0v) is 6.73. The van der Waals surface area contributed by atoms with Crippen molar-refractivity contribution < 1.29 is 4.39 Å². The first kappa shape index (κ1) is 9.41. The molecule has 58 valence electrons. The molecule has 1 rings (SSSR count). The van der Waals surface area contributed by atoms with E-state index in [1.54, 1.807) is 6.08 Å². The van der Waals surface area contributed by atoms with Crippen LogP contribution in [0.3, 0.4) is 0 Å². The van der Waals surface area contributed by atoms with Crippen molar-refractivity contribution in [3.8, 4) is 0 Å². The van der Waals surface area contributed by atoms with E-state index >= 15 is 0 Å². The maximum atomic E-state index is 12.0. The van der Waals surface area contributed by atoms with Gasteiger partial charge in [0, 0.05) is 0 Å². The molecule has 10 heavy (non-hydrogen) atoms. The van der Waals surface area contributed by atoms with Crippen molar-refractivity contribution in [2.45, 2.75) is 33.1 Å². The Morgan fingerprint density at radius 3 is 2.20 bits per heavy atom. The normalized spacial score (nSPS) is 15.3. The van der Waals surface area contributed by atoms with Gasteiger partial charge in [-0.3, -0.25) is 0 Å². The molecule has 0 bridgehead atoms. The van der Waals surface area contributed by atoms with Gasteiger partial charge in [-0.05, 0) is 25.0 Å². The Balaban J connectivity index is 0.000000236. The SMILES string of the molecule is CCC.FC1=CCCC=C1. The number of allylic oxidation sites excluding steroid dienone is 4. The summed E-state index contributed by atoms with van der Waals surface area (Å²) in [6, 6.07) is 0. The number of halogens is 1. The van der Waals surface area contributed by atoms with Crippen LogP contribution in [0.1, 0.15) is 33.1 Å². The minimum absolute atomic E-state index is 0.0914. The summed E-state index contributed by atoms with van der Waals surface area (Å²) >= 11 is 0. The third-order valence-electron chi connectivity index (χ3n) is 0.950. The Morgan fingerprint density at radius 1 is 1.40 bits per heavy atom. The van der Waals surface area contributed by atoms with E-state index in [-0.39, 0.29) is 5.83 Å². The molecule has 0 heterocycles. The van der Waals surface area contributed by atoms with E-state index < -0.39 is 0 Å². The van der Waals surface area contributed by atoms with Gasteiger partial charge in [0.1, 0.15) is 5.83 Å². The zero-order chi connectivity index (χ0) is 7.82.